The molecule has 0 saturated carbocycles. The fourth-order valence-electron chi connectivity index (χ4n) is 1.87. The molecule has 0 N–H and O–H groups in total. The number of nitrogens with zero attached hydrogens (tertiary/aromatic N) is 2. The van der Waals surface area contributed by atoms with Crippen molar-refractivity contribution in [2.75, 3.05) is 5.75 Å². The largest absolute Gasteiger partial charge is 0.328 e. The zero-order valence-electron chi connectivity index (χ0n) is 10.1. The minimum atomic E-state index is 0.192. The quantitative estimate of drug-likeness (QED) is 0.807. The summed E-state index contributed by atoms with van der Waals surface area (Å²) in [5, 5.41) is 0. The van der Waals surface area contributed by atoms with E-state index in [-0.39, 0.29) is 5.41 Å². The van der Waals surface area contributed by atoms with Crippen LogP contribution < -0.4 is 0 Å². The molecule has 2 rings (SSSR count). The molecule has 86 valence electrons. The molecule has 0 aliphatic carbocycles. The monoisotopic (exact) mass is 234 g/mol. The first kappa shape index (κ1) is 11.5. The molecule has 1 aromatic heterocycles. The van der Waals surface area contributed by atoms with Crippen molar-refractivity contribution in [3.8, 4) is 0 Å². The van der Waals surface area contributed by atoms with E-state index >= 15 is 0 Å². The number of hydrogen-bond donors (Lipinski definition) is 1. The number of imidazole rings is 1. The van der Waals surface area contributed by atoms with Crippen molar-refractivity contribution in [3.63, 3.8) is 0 Å². The highest BCUT2D eigenvalue weighted by Crippen LogP contribution is 2.24. The lowest BCUT2D eigenvalue weighted by molar-refractivity contribution is 0.354. The first-order valence-electron chi connectivity index (χ1n) is 5.56. The molecular weight excluding hydrogens is 216 g/mol. The van der Waals surface area contributed by atoms with Gasteiger partial charge in [0.1, 0.15) is 5.82 Å². The molecule has 0 unspecified atom stereocenters. The molecule has 0 aliphatic heterocycles. The summed E-state index contributed by atoms with van der Waals surface area (Å²) in [4.78, 5) is 4.57. The van der Waals surface area contributed by atoms with Crippen LogP contribution in [-0.4, -0.2) is 15.3 Å². The van der Waals surface area contributed by atoms with Crippen molar-refractivity contribution < 1.29 is 0 Å². The lowest BCUT2D eigenvalue weighted by Gasteiger charge is -2.23. The van der Waals surface area contributed by atoms with Gasteiger partial charge in [-0.15, -0.1) is 0 Å². The molecule has 0 saturated heterocycles. The maximum atomic E-state index is 4.57. The lowest BCUT2D eigenvalue weighted by Crippen LogP contribution is -2.22. The van der Waals surface area contributed by atoms with Gasteiger partial charge in [0.2, 0.25) is 0 Å². The Hall–Kier alpha value is -0.960. The molecule has 1 heterocycles. The van der Waals surface area contributed by atoms with E-state index in [1.165, 1.54) is 5.52 Å². The molecule has 2 nitrogen and oxygen atoms in total. The van der Waals surface area contributed by atoms with Crippen molar-refractivity contribution in [1.82, 2.24) is 9.55 Å². The summed E-state index contributed by atoms with van der Waals surface area (Å²) in [5.41, 5.74) is 2.49. The van der Waals surface area contributed by atoms with Crippen LogP contribution in [0.4, 0.5) is 0 Å². The highest BCUT2D eigenvalue weighted by atomic mass is 32.1. The lowest BCUT2D eigenvalue weighted by atomic mass is 9.96. The van der Waals surface area contributed by atoms with Gasteiger partial charge < -0.3 is 4.57 Å². The molecule has 2 aromatic rings. The summed E-state index contributed by atoms with van der Waals surface area (Å²) < 4.78 is 2.28. The number of hydrogen-bond acceptors (Lipinski definition) is 2. The molecule has 0 amide bonds. The SMILES string of the molecule is Cc1nc2ccccc2n1CC(C)(C)CS. The first-order chi connectivity index (χ1) is 7.53. The van der Waals surface area contributed by atoms with Gasteiger partial charge in [-0.05, 0) is 30.2 Å². The summed E-state index contributed by atoms with van der Waals surface area (Å²) in [6.45, 7) is 7.49. The number of fused-ring (bicyclic) bond motifs is 1. The standard InChI is InChI=1S/C13H18N2S/c1-10-14-11-6-4-5-7-12(11)15(10)8-13(2,3)9-16/h4-7,16H,8-9H2,1-3H3. The molecule has 16 heavy (non-hydrogen) atoms. The van der Waals surface area contributed by atoms with Crippen molar-refractivity contribution in [2.24, 2.45) is 5.41 Å². The van der Waals surface area contributed by atoms with Crippen molar-refractivity contribution >= 4 is 23.7 Å². The average Bonchev–Trinajstić information content (AvgIpc) is 2.56. The van der Waals surface area contributed by atoms with Crippen molar-refractivity contribution in [2.45, 2.75) is 27.3 Å². The van der Waals surface area contributed by atoms with Gasteiger partial charge in [0, 0.05) is 6.54 Å². The van der Waals surface area contributed by atoms with E-state index in [4.69, 9.17) is 0 Å². The smallest absolute Gasteiger partial charge is 0.106 e. The Morgan fingerprint density at radius 2 is 2.00 bits per heavy atom. The van der Waals surface area contributed by atoms with Crippen LogP contribution in [0.5, 0.6) is 0 Å². The fourth-order valence-corrected chi connectivity index (χ4v) is 1.97. The predicted molar refractivity (Wildman–Crippen MR) is 72.1 cm³/mol. The molecule has 3 heteroatoms. The van der Waals surface area contributed by atoms with E-state index in [1.54, 1.807) is 0 Å². The van der Waals surface area contributed by atoms with Gasteiger partial charge in [-0.3, -0.25) is 0 Å². The Bertz CT molecular complexity index is 500. The summed E-state index contributed by atoms with van der Waals surface area (Å²) in [5.74, 6) is 1.95. The molecule has 1 aromatic carbocycles. The highest BCUT2D eigenvalue weighted by molar-refractivity contribution is 7.80. The maximum absolute atomic E-state index is 4.57. The Labute approximate surface area is 102 Å². The second-order valence-electron chi connectivity index (χ2n) is 5.06. The fraction of sp³-hybridized carbons (Fsp3) is 0.462. The van der Waals surface area contributed by atoms with Gasteiger partial charge in [-0.2, -0.15) is 12.6 Å². The Balaban J connectivity index is 2.47. The van der Waals surface area contributed by atoms with Crippen LogP contribution in [0.2, 0.25) is 0 Å². The molecule has 0 atom stereocenters. The topological polar surface area (TPSA) is 17.8 Å². The maximum Gasteiger partial charge on any atom is 0.106 e. The molecule has 0 aliphatic rings. The van der Waals surface area contributed by atoms with E-state index in [2.05, 4.69) is 61.2 Å². The number of rotatable bonds is 3. The first-order valence-corrected chi connectivity index (χ1v) is 6.19. The summed E-state index contributed by atoms with van der Waals surface area (Å²) in [6, 6.07) is 8.28. The molecule has 0 spiro atoms. The third-order valence-electron chi connectivity index (χ3n) is 2.86. The van der Waals surface area contributed by atoms with Gasteiger partial charge in [-0.25, -0.2) is 4.98 Å². The summed E-state index contributed by atoms with van der Waals surface area (Å²) in [7, 11) is 0. The minimum absolute atomic E-state index is 0.192. The van der Waals surface area contributed by atoms with E-state index in [1.807, 2.05) is 6.07 Å². The Morgan fingerprint density at radius 3 is 2.69 bits per heavy atom. The van der Waals surface area contributed by atoms with Gasteiger partial charge in [0.05, 0.1) is 11.0 Å². The normalized spacial score (nSPS) is 12.2. The van der Waals surface area contributed by atoms with Crippen molar-refractivity contribution in [1.29, 1.82) is 0 Å². The summed E-state index contributed by atoms with van der Waals surface area (Å²) in [6.07, 6.45) is 0. The zero-order chi connectivity index (χ0) is 11.8. The van der Waals surface area contributed by atoms with Gasteiger partial charge in [0.25, 0.3) is 0 Å². The van der Waals surface area contributed by atoms with Crippen molar-refractivity contribution in [3.05, 3.63) is 30.1 Å². The van der Waals surface area contributed by atoms with Gasteiger partial charge in [0.15, 0.2) is 0 Å². The van der Waals surface area contributed by atoms with E-state index in [9.17, 15) is 0 Å². The number of para-hydroxylation sites is 2. The zero-order valence-corrected chi connectivity index (χ0v) is 11.0. The third kappa shape index (κ3) is 2.09. The second-order valence-corrected chi connectivity index (χ2v) is 5.37. The molecule has 0 radical (unpaired) electrons. The van der Waals surface area contributed by atoms with Crippen LogP contribution in [0.15, 0.2) is 24.3 Å². The average molecular weight is 234 g/mol. The van der Waals surface area contributed by atoms with Crippen LogP contribution in [-0.2, 0) is 6.54 Å². The number of thiol groups is 1. The van der Waals surface area contributed by atoms with Gasteiger partial charge >= 0.3 is 0 Å². The summed E-state index contributed by atoms with van der Waals surface area (Å²) >= 11 is 4.41. The third-order valence-corrected chi connectivity index (χ3v) is 3.72. The Kier molecular flexibility index (Phi) is 2.98. The molecular formula is C13H18N2S. The van der Waals surface area contributed by atoms with E-state index in [0.717, 1.165) is 23.6 Å². The number of benzene rings is 1. The highest BCUT2D eigenvalue weighted by Gasteiger charge is 2.19. The molecule has 0 fully saturated rings. The van der Waals surface area contributed by atoms with Gasteiger partial charge in [-0.1, -0.05) is 26.0 Å². The minimum Gasteiger partial charge on any atom is -0.328 e. The van der Waals surface area contributed by atoms with E-state index < -0.39 is 0 Å². The van der Waals surface area contributed by atoms with Crippen LogP contribution >= 0.6 is 12.6 Å². The second kappa shape index (κ2) is 4.13. The van der Waals surface area contributed by atoms with Crippen LogP contribution in [0.25, 0.3) is 11.0 Å². The number of aromatic nitrogens is 2. The van der Waals surface area contributed by atoms with Crippen LogP contribution in [0, 0.1) is 12.3 Å². The van der Waals surface area contributed by atoms with E-state index in [0.29, 0.717) is 0 Å². The van der Waals surface area contributed by atoms with Crippen LogP contribution in [0.1, 0.15) is 19.7 Å². The molecule has 0 bridgehead atoms. The predicted octanol–water partition coefficient (Wildman–Crippen LogP) is 3.30. The van der Waals surface area contributed by atoms with Crippen LogP contribution in [0.3, 0.4) is 0 Å². The number of aryl methyl sites for hydroxylation is 1. The Morgan fingerprint density at radius 1 is 1.31 bits per heavy atom.